The molecule has 5 nitrogen and oxygen atoms in total. The van der Waals surface area contributed by atoms with E-state index in [-0.39, 0.29) is 5.25 Å². The number of fused-ring (bicyclic) bond motifs is 1. The van der Waals surface area contributed by atoms with Crippen molar-refractivity contribution >= 4 is 9.84 Å². The van der Waals surface area contributed by atoms with E-state index in [2.05, 4.69) is 15.3 Å². The van der Waals surface area contributed by atoms with Crippen LogP contribution in [0, 0.1) is 0 Å². The van der Waals surface area contributed by atoms with E-state index in [1.54, 1.807) is 0 Å². The highest BCUT2D eigenvalue weighted by Gasteiger charge is 2.30. The highest BCUT2D eigenvalue weighted by molar-refractivity contribution is 7.92. The zero-order valence-corrected chi connectivity index (χ0v) is 11.2. The van der Waals surface area contributed by atoms with Gasteiger partial charge in [-0.3, -0.25) is 0 Å². The molecular formula is C12H19N3O2S. The van der Waals surface area contributed by atoms with E-state index in [1.165, 1.54) is 0 Å². The third kappa shape index (κ3) is 2.31. The molecule has 2 N–H and O–H groups in total. The first-order chi connectivity index (χ1) is 8.65. The fraction of sp³-hybridized carbons (Fsp3) is 0.750. The Balaban J connectivity index is 1.77. The van der Waals surface area contributed by atoms with Crippen LogP contribution in [0.1, 0.15) is 36.5 Å². The summed E-state index contributed by atoms with van der Waals surface area (Å²) < 4.78 is 24.0. The van der Waals surface area contributed by atoms with Gasteiger partial charge in [-0.25, -0.2) is 13.4 Å². The van der Waals surface area contributed by atoms with E-state index in [1.807, 2.05) is 0 Å². The summed E-state index contributed by atoms with van der Waals surface area (Å²) in [7, 11) is -2.90. The summed E-state index contributed by atoms with van der Waals surface area (Å²) in [6, 6.07) is 0. The van der Waals surface area contributed by atoms with E-state index >= 15 is 0 Å². The Hall–Kier alpha value is -0.880. The molecule has 0 aliphatic carbocycles. The standard InChI is InChI=1S/C12H19N3O2S/c16-18(17)6-2-1-3-9(18)7-12-14-10-4-5-13-8-11(10)15-12/h9,13H,1-8H2,(H,14,15). The third-order valence-corrected chi connectivity index (χ3v) is 6.16. The maximum atomic E-state index is 12.0. The highest BCUT2D eigenvalue weighted by Crippen LogP contribution is 2.23. The summed E-state index contributed by atoms with van der Waals surface area (Å²) in [6.45, 7) is 1.78. The molecule has 0 bridgehead atoms. The number of H-pyrrole nitrogens is 1. The Morgan fingerprint density at radius 1 is 1.33 bits per heavy atom. The summed E-state index contributed by atoms with van der Waals surface area (Å²) in [4.78, 5) is 7.83. The van der Waals surface area contributed by atoms with E-state index in [9.17, 15) is 8.42 Å². The largest absolute Gasteiger partial charge is 0.345 e. The van der Waals surface area contributed by atoms with Crippen LogP contribution >= 0.6 is 0 Å². The van der Waals surface area contributed by atoms with E-state index in [0.717, 1.165) is 56.0 Å². The van der Waals surface area contributed by atoms with Crippen LogP contribution in [0.25, 0.3) is 0 Å². The number of hydrogen-bond acceptors (Lipinski definition) is 4. The molecular weight excluding hydrogens is 250 g/mol. The van der Waals surface area contributed by atoms with Crippen molar-refractivity contribution in [1.29, 1.82) is 0 Å². The van der Waals surface area contributed by atoms with Crippen LogP contribution in [0.15, 0.2) is 0 Å². The van der Waals surface area contributed by atoms with Crippen molar-refractivity contribution < 1.29 is 8.42 Å². The number of rotatable bonds is 2. The van der Waals surface area contributed by atoms with Crippen molar-refractivity contribution in [3.63, 3.8) is 0 Å². The van der Waals surface area contributed by atoms with E-state index < -0.39 is 9.84 Å². The lowest BCUT2D eigenvalue weighted by molar-refractivity contribution is 0.534. The van der Waals surface area contributed by atoms with Crippen LogP contribution in [0.5, 0.6) is 0 Å². The van der Waals surface area contributed by atoms with Crippen LogP contribution in [0.2, 0.25) is 0 Å². The van der Waals surface area contributed by atoms with Gasteiger partial charge in [-0.05, 0) is 12.8 Å². The molecule has 2 aliphatic rings. The molecule has 3 heterocycles. The van der Waals surface area contributed by atoms with Gasteiger partial charge in [0.15, 0.2) is 9.84 Å². The number of aromatic amines is 1. The number of sulfone groups is 1. The molecule has 0 spiro atoms. The molecule has 100 valence electrons. The summed E-state index contributed by atoms with van der Waals surface area (Å²) in [5.41, 5.74) is 2.24. The topological polar surface area (TPSA) is 74.8 Å². The Labute approximate surface area is 107 Å². The zero-order chi connectivity index (χ0) is 12.6. The average Bonchev–Trinajstić information content (AvgIpc) is 2.74. The number of imidazole rings is 1. The molecule has 0 radical (unpaired) electrons. The lowest BCUT2D eigenvalue weighted by atomic mass is 10.1. The zero-order valence-electron chi connectivity index (χ0n) is 10.4. The van der Waals surface area contributed by atoms with Crippen molar-refractivity contribution in [3.8, 4) is 0 Å². The SMILES string of the molecule is O=S1(=O)CCCCC1Cc1nc2c([nH]1)CNCC2. The second kappa shape index (κ2) is 4.66. The number of nitrogens with zero attached hydrogens (tertiary/aromatic N) is 1. The minimum atomic E-state index is -2.90. The van der Waals surface area contributed by atoms with Gasteiger partial charge in [0.2, 0.25) is 0 Å². The Morgan fingerprint density at radius 2 is 2.22 bits per heavy atom. The molecule has 3 rings (SSSR count). The predicted octanol–water partition coefficient (Wildman–Crippen LogP) is 0.565. The summed E-state index contributed by atoms with van der Waals surface area (Å²) in [5.74, 6) is 1.19. The van der Waals surface area contributed by atoms with Gasteiger partial charge < -0.3 is 10.3 Å². The first-order valence-corrected chi connectivity index (χ1v) is 8.35. The summed E-state index contributed by atoms with van der Waals surface area (Å²) >= 11 is 0. The number of aromatic nitrogens is 2. The van der Waals surface area contributed by atoms with Crippen LogP contribution in [0.4, 0.5) is 0 Å². The fourth-order valence-corrected chi connectivity index (χ4v) is 4.72. The molecule has 6 heteroatoms. The van der Waals surface area contributed by atoms with Crippen LogP contribution in [0.3, 0.4) is 0 Å². The maximum absolute atomic E-state index is 12.0. The maximum Gasteiger partial charge on any atom is 0.153 e. The second-order valence-corrected chi connectivity index (χ2v) is 7.63. The first-order valence-electron chi connectivity index (χ1n) is 6.64. The molecule has 1 fully saturated rings. The highest BCUT2D eigenvalue weighted by atomic mass is 32.2. The smallest absolute Gasteiger partial charge is 0.153 e. The fourth-order valence-electron chi connectivity index (χ4n) is 2.84. The lowest BCUT2D eigenvalue weighted by Crippen LogP contribution is -2.30. The van der Waals surface area contributed by atoms with Crippen LogP contribution < -0.4 is 5.32 Å². The molecule has 18 heavy (non-hydrogen) atoms. The lowest BCUT2D eigenvalue weighted by Gasteiger charge is -2.21. The monoisotopic (exact) mass is 269 g/mol. The normalized spacial score (nSPS) is 26.8. The molecule has 2 aliphatic heterocycles. The second-order valence-electron chi connectivity index (χ2n) is 5.22. The van der Waals surface area contributed by atoms with Gasteiger partial charge in [0, 0.05) is 25.9 Å². The van der Waals surface area contributed by atoms with Gasteiger partial charge in [0.25, 0.3) is 0 Å². The Bertz CT molecular complexity index is 512. The van der Waals surface area contributed by atoms with Gasteiger partial charge in [-0.2, -0.15) is 0 Å². The summed E-state index contributed by atoms with van der Waals surface area (Å²) in [6.07, 6.45) is 4.10. The molecule has 1 aromatic rings. The quantitative estimate of drug-likeness (QED) is 0.823. The minimum Gasteiger partial charge on any atom is -0.345 e. The van der Waals surface area contributed by atoms with Gasteiger partial charge in [-0.15, -0.1) is 0 Å². The Kier molecular flexibility index (Phi) is 3.15. The van der Waals surface area contributed by atoms with E-state index in [4.69, 9.17) is 0 Å². The van der Waals surface area contributed by atoms with Gasteiger partial charge in [-0.1, -0.05) is 6.42 Å². The van der Waals surface area contributed by atoms with Gasteiger partial charge >= 0.3 is 0 Å². The van der Waals surface area contributed by atoms with Gasteiger partial charge in [0.05, 0.1) is 22.4 Å². The Morgan fingerprint density at radius 3 is 3.00 bits per heavy atom. The van der Waals surface area contributed by atoms with Crippen LogP contribution in [-0.4, -0.2) is 35.9 Å². The molecule has 0 aromatic carbocycles. The van der Waals surface area contributed by atoms with Gasteiger partial charge in [0.1, 0.15) is 5.82 Å². The van der Waals surface area contributed by atoms with Crippen LogP contribution in [-0.2, 0) is 29.2 Å². The third-order valence-electron chi connectivity index (χ3n) is 3.89. The molecule has 1 aromatic heterocycles. The molecule has 1 unspecified atom stereocenters. The molecule has 1 saturated heterocycles. The first kappa shape index (κ1) is 12.2. The summed E-state index contributed by atoms with van der Waals surface area (Å²) in [5, 5.41) is 3.05. The van der Waals surface area contributed by atoms with Crippen molar-refractivity contribution in [2.24, 2.45) is 0 Å². The predicted molar refractivity (Wildman–Crippen MR) is 69.1 cm³/mol. The van der Waals surface area contributed by atoms with Crippen molar-refractivity contribution in [2.45, 2.75) is 43.9 Å². The van der Waals surface area contributed by atoms with Crippen molar-refractivity contribution in [3.05, 3.63) is 17.2 Å². The molecule has 0 saturated carbocycles. The molecule has 0 amide bonds. The minimum absolute atomic E-state index is 0.230. The molecule has 1 atom stereocenters. The van der Waals surface area contributed by atoms with E-state index in [0.29, 0.717) is 12.2 Å². The number of hydrogen-bond donors (Lipinski definition) is 2. The number of nitrogens with one attached hydrogen (secondary N) is 2. The average molecular weight is 269 g/mol. The van der Waals surface area contributed by atoms with Crippen molar-refractivity contribution in [2.75, 3.05) is 12.3 Å². The van der Waals surface area contributed by atoms with Crippen molar-refractivity contribution in [1.82, 2.24) is 15.3 Å².